The first-order valence-corrected chi connectivity index (χ1v) is 5.96. The van der Waals surface area contributed by atoms with Gasteiger partial charge in [-0.2, -0.15) is 0 Å². The molecule has 0 bridgehead atoms. The fraction of sp³-hybridized carbons (Fsp3) is 0.571. The van der Waals surface area contributed by atoms with Gasteiger partial charge in [-0.3, -0.25) is 0 Å². The average molecular weight is 220 g/mol. The van der Waals surface area contributed by atoms with Crippen molar-refractivity contribution in [2.45, 2.75) is 39.1 Å². The smallest absolute Gasteiger partial charge is 0.166 e. The molecular weight excluding hydrogens is 200 g/mol. The molecule has 1 aliphatic rings. The van der Waals surface area contributed by atoms with E-state index >= 15 is 0 Å². The zero-order chi connectivity index (χ0) is 11.6. The highest BCUT2D eigenvalue weighted by Crippen LogP contribution is 2.36. The second-order valence-corrected chi connectivity index (χ2v) is 5.06. The molecule has 88 valence electrons. The van der Waals surface area contributed by atoms with Crippen LogP contribution in [-0.4, -0.2) is 12.4 Å². The van der Waals surface area contributed by atoms with Crippen LogP contribution in [0.2, 0.25) is 0 Å². The van der Waals surface area contributed by atoms with Crippen molar-refractivity contribution in [3.63, 3.8) is 0 Å². The molecule has 2 atom stereocenters. The van der Waals surface area contributed by atoms with Gasteiger partial charge < -0.3 is 9.47 Å². The van der Waals surface area contributed by atoms with Crippen molar-refractivity contribution < 1.29 is 9.47 Å². The van der Waals surface area contributed by atoms with Gasteiger partial charge in [-0.05, 0) is 18.4 Å². The number of hydrogen-bond donors (Lipinski definition) is 0. The van der Waals surface area contributed by atoms with Gasteiger partial charge in [-0.15, -0.1) is 0 Å². The Bertz CT molecular complexity index is 334. The lowest BCUT2D eigenvalue weighted by Gasteiger charge is -2.25. The van der Waals surface area contributed by atoms with Gasteiger partial charge in [0.15, 0.2) is 5.79 Å². The van der Waals surface area contributed by atoms with Crippen molar-refractivity contribution >= 4 is 0 Å². The van der Waals surface area contributed by atoms with Crippen molar-refractivity contribution in [2.24, 2.45) is 5.92 Å². The summed E-state index contributed by atoms with van der Waals surface area (Å²) < 4.78 is 11.8. The zero-order valence-corrected chi connectivity index (χ0v) is 10.3. The summed E-state index contributed by atoms with van der Waals surface area (Å²) in [6, 6.07) is 10.3. The third-order valence-electron chi connectivity index (χ3n) is 2.88. The lowest BCUT2D eigenvalue weighted by molar-refractivity contribution is -0.165. The van der Waals surface area contributed by atoms with Crippen molar-refractivity contribution in [3.05, 3.63) is 35.9 Å². The topological polar surface area (TPSA) is 18.5 Å². The number of benzene rings is 1. The van der Waals surface area contributed by atoms with E-state index < -0.39 is 5.79 Å². The summed E-state index contributed by atoms with van der Waals surface area (Å²) >= 11 is 0. The molecule has 0 aromatic heterocycles. The molecule has 0 spiro atoms. The van der Waals surface area contributed by atoms with Crippen LogP contribution >= 0.6 is 0 Å². The minimum absolute atomic E-state index is 0.0879. The van der Waals surface area contributed by atoms with Crippen LogP contribution in [0.4, 0.5) is 0 Å². The third-order valence-corrected chi connectivity index (χ3v) is 2.88. The molecule has 0 N–H and O–H groups in total. The van der Waals surface area contributed by atoms with Crippen LogP contribution in [0.5, 0.6) is 0 Å². The van der Waals surface area contributed by atoms with E-state index in [1.165, 1.54) is 5.56 Å². The molecule has 1 aliphatic heterocycles. The molecule has 16 heavy (non-hydrogen) atoms. The normalized spacial score (nSPS) is 29.9. The largest absolute Gasteiger partial charge is 0.347 e. The predicted molar refractivity (Wildman–Crippen MR) is 64.1 cm³/mol. The Morgan fingerprint density at radius 1 is 1.31 bits per heavy atom. The Labute approximate surface area is 97.6 Å². The number of rotatable bonds is 3. The Hall–Kier alpha value is -0.860. The Balaban J connectivity index is 2.03. The fourth-order valence-electron chi connectivity index (χ4n) is 2.30. The second kappa shape index (κ2) is 4.56. The van der Waals surface area contributed by atoms with E-state index in [9.17, 15) is 0 Å². The van der Waals surface area contributed by atoms with Crippen LogP contribution in [0.1, 0.15) is 38.9 Å². The summed E-state index contributed by atoms with van der Waals surface area (Å²) in [5.41, 5.74) is 1.20. The lowest BCUT2D eigenvalue weighted by Crippen LogP contribution is -2.27. The molecule has 2 heteroatoms. The summed E-state index contributed by atoms with van der Waals surface area (Å²) in [6.45, 7) is 7.07. The summed E-state index contributed by atoms with van der Waals surface area (Å²) in [6.07, 6.45) is 1.03. The molecule has 0 radical (unpaired) electrons. The quantitative estimate of drug-likeness (QED) is 0.775. The predicted octanol–water partition coefficient (Wildman–Crippen LogP) is 3.54. The minimum atomic E-state index is -0.408. The minimum Gasteiger partial charge on any atom is -0.347 e. The van der Waals surface area contributed by atoms with Crippen LogP contribution in [-0.2, 0) is 9.47 Å². The molecule has 2 nitrogen and oxygen atoms in total. The molecular formula is C14H20O2. The van der Waals surface area contributed by atoms with Crippen molar-refractivity contribution in [1.82, 2.24) is 0 Å². The lowest BCUT2D eigenvalue weighted by atomic mass is 10.0. The Kier molecular flexibility index (Phi) is 3.31. The van der Waals surface area contributed by atoms with Crippen molar-refractivity contribution in [3.8, 4) is 0 Å². The average Bonchev–Trinajstić information content (AvgIpc) is 2.61. The van der Waals surface area contributed by atoms with Gasteiger partial charge in [-0.25, -0.2) is 0 Å². The van der Waals surface area contributed by atoms with E-state index in [0.29, 0.717) is 12.5 Å². The van der Waals surface area contributed by atoms with Crippen LogP contribution in [0.15, 0.2) is 30.3 Å². The summed E-state index contributed by atoms with van der Waals surface area (Å²) in [7, 11) is 0. The monoisotopic (exact) mass is 220 g/mol. The first kappa shape index (κ1) is 11.6. The zero-order valence-electron chi connectivity index (χ0n) is 10.3. The van der Waals surface area contributed by atoms with Crippen molar-refractivity contribution in [2.75, 3.05) is 6.61 Å². The SMILES string of the molecule is CC(C)CC1(C)OCC(c2ccccc2)O1. The van der Waals surface area contributed by atoms with Gasteiger partial charge in [-0.1, -0.05) is 44.2 Å². The van der Waals surface area contributed by atoms with E-state index in [1.54, 1.807) is 0 Å². The van der Waals surface area contributed by atoms with E-state index in [2.05, 4.69) is 26.0 Å². The molecule has 1 fully saturated rings. The highest BCUT2D eigenvalue weighted by atomic mass is 16.7. The van der Waals surface area contributed by atoms with Gasteiger partial charge >= 0.3 is 0 Å². The number of hydrogen-bond acceptors (Lipinski definition) is 2. The van der Waals surface area contributed by atoms with E-state index in [4.69, 9.17) is 9.47 Å². The molecule has 0 saturated carbocycles. The van der Waals surface area contributed by atoms with E-state index in [-0.39, 0.29) is 6.10 Å². The van der Waals surface area contributed by atoms with Gasteiger partial charge in [0.1, 0.15) is 6.10 Å². The maximum absolute atomic E-state index is 6.02. The highest BCUT2D eigenvalue weighted by Gasteiger charge is 2.38. The molecule has 0 amide bonds. The molecule has 0 aliphatic carbocycles. The molecule has 1 aromatic rings. The van der Waals surface area contributed by atoms with Gasteiger partial charge in [0.25, 0.3) is 0 Å². The van der Waals surface area contributed by atoms with Crippen molar-refractivity contribution in [1.29, 1.82) is 0 Å². The van der Waals surface area contributed by atoms with Crippen LogP contribution < -0.4 is 0 Å². The molecule has 1 saturated heterocycles. The second-order valence-electron chi connectivity index (χ2n) is 5.06. The molecule has 2 rings (SSSR count). The molecule has 2 unspecified atom stereocenters. The van der Waals surface area contributed by atoms with Gasteiger partial charge in [0.2, 0.25) is 0 Å². The molecule has 1 heterocycles. The third kappa shape index (κ3) is 2.63. The number of ether oxygens (including phenoxy) is 2. The van der Waals surface area contributed by atoms with E-state index in [1.807, 2.05) is 25.1 Å². The van der Waals surface area contributed by atoms with Crippen LogP contribution in [0.3, 0.4) is 0 Å². The summed E-state index contributed by atoms with van der Waals surface area (Å²) in [5, 5.41) is 0. The summed E-state index contributed by atoms with van der Waals surface area (Å²) in [4.78, 5) is 0. The Morgan fingerprint density at radius 2 is 2.00 bits per heavy atom. The first-order valence-electron chi connectivity index (χ1n) is 5.96. The molecule has 1 aromatic carbocycles. The van der Waals surface area contributed by atoms with E-state index in [0.717, 1.165) is 6.42 Å². The standard InChI is InChI=1S/C14H20O2/c1-11(2)9-14(3)15-10-13(16-14)12-7-5-4-6-8-12/h4-8,11,13H,9-10H2,1-3H3. The van der Waals surface area contributed by atoms with Gasteiger partial charge in [0, 0.05) is 6.42 Å². The van der Waals surface area contributed by atoms with Crippen LogP contribution in [0.25, 0.3) is 0 Å². The Morgan fingerprint density at radius 3 is 2.62 bits per heavy atom. The van der Waals surface area contributed by atoms with Crippen LogP contribution in [0, 0.1) is 5.92 Å². The first-order chi connectivity index (χ1) is 7.59. The van der Waals surface area contributed by atoms with Gasteiger partial charge in [0.05, 0.1) is 6.61 Å². The fourth-order valence-corrected chi connectivity index (χ4v) is 2.30. The summed E-state index contributed by atoms with van der Waals surface area (Å²) in [5.74, 6) is 0.175. The maximum Gasteiger partial charge on any atom is 0.166 e. The maximum atomic E-state index is 6.02. The highest BCUT2D eigenvalue weighted by molar-refractivity contribution is 5.18.